The first-order valence-electron chi connectivity index (χ1n) is 8.43. The van der Waals surface area contributed by atoms with E-state index in [9.17, 15) is 9.90 Å². The van der Waals surface area contributed by atoms with Gasteiger partial charge in [0, 0.05) is 13.6 Å². The van der Waals surface area contributed by atoms with Crippen LogP contribution >= 0.6 is 11.3 Å². The van der Waals surface area contributed by atoms with Crippen LogP contribution in [0.5, 0.6) is 0 Å². The van der Waals surface area contributed by atoms with E-state index in [1.807, 2.05) is 50.2 Å². The molecule has 0 bridgehead atoms. The summed E-state index contributed by atoms with van der Waals surface area (Å²) in [7, 11) is 3.72. The van der Waals surface area contributed by atoms with E-state index in [-0.39, 0.29) is 18.1 Å². The molecule has 1 amide bonds. The molecule has 5 nitrogen and oxygen atoms in total. The second-order valence-electron chi connectivity index (χ2n) is 6.79. The van der Waals surface area contributed by atoms with Gasteiger partial charge in [0.05, 0.1) is 28.9 Å². The SMILES string of the molecule is CC(C(=O)N(C)Cc1nc2ccccc2s1)N(C)CC(O)C1CC1. The Bertz CT molecular complexity index is 680. The number of para-hydroxylation sites is 1. The fraction of sp³-hybridized carbons (Fsp3) is 0.556. The summed E-state index contributed by atoms with van der Waals surface area (Å²) in [6.45, 7) is 2.96. The standard InChI is InChI=1S/C18H25N3O2S/c1-12(20(2)10-15(22)13-8-9-13)18(23)21(3)11-17-19-14-6-4-5-7-16(14)24-17/h4-7,12-13,15,22H,8-11H2,1-3H3. The van der Waals surface area contributed by atoms with Gasteiger partial charge in [0.2, 0.25) is 5.91 Å². The maximum Gasteiger partial charge on any atom is 0.239 e. The van der Waals surface area contributed by atoms with Crippen LogP contribution in [0.3, 0.4) is 0 Å². The van der Waals surface area contributed by atoms with Crippen molar-refractivity contribution in [1.82, 2.24) is 14.8 Å². The topological polar surface area (TPSA) is 56.7 Å². The molecular weight excluding hydrogens is 322 g/mol. The van der Waals surface area contributed by atoms with Gasteiger partial charge in [-0.3, -0.25) is 9.69 Å². The molecule has 6 heteroatoms. The van der Waals surface area contributed by atoms with Crippen LogP contribution in [0.1, 0.15) is 24.8 Å². The molecule has 1 aliphatic rings. The fourth-order valence-electron chi connectivity index (χ4n) is 2.86. The third-order valence-electron chi connectivity index (χ3n) is 4.75. The molecule has 24 heavy (non-hydrogen) atoms. The molecule has 2 unspecified atom stereocenters. The zero-order chi connectivity index (χ0) is 17.3. The van der Waals surface area contributed by atoms with Crippen LogP contribution < -0.4 is 0 Å². The summed E-state index contributed by atoms with van der Waals surface area (Å²) in [6, 6.07) is 7.77. The monoisotopic (exact) mass is 347 g/mol. The minimum Gasteiger partial charge on any atom is -0.392 e. The predicted molar refractivity (Wildman–Crippen MR) is 96.9 cm³/mol. The average Bonchev–Trinajstić information content (AvgIpc) is 3.33. The van der Waals surface area contributed by atoms with Gasteiger partial charge in [0.25, 0.3) is 0 Å². The maximum absolute atomic E-state index is 12.7. The number of fused-ring (bicyclic) bond motifs is 1. The van der Waals surface area contributed by atoms with Gasteiger partial charge in [-0.05, 0) is 44.9 Å². The number of thiazole rings is 1. The zero-order valence-corrected chi connectivity index (χ0v) is 15.3. The maximum atomic E-state index is 12.7. The molecule has 1 N–H and O–H groups in total. The second kappa shape index (κ2) is 7.17. The Morgan fingerprint density at radius 1 is 1.38 bits per heavy atom. The van der Waals surface area contributed by atoms with Crippen molar-refractivity contribution in [2.75, 3.05) is 20.6 Å². The van der Waals surface area contributed by atoms with Crippen LogP contribution in [0.15, 0.2) is 24.3 Å². The fourth-order valence-corrected chi connectivity index (χ4v) is 3.88. The van der Waals surface area contributed by atoms with Crippen molar-refractivity contribution < 1.29 is 9.90 Å². The summed E-state index contributed by atoms with van der Waals surface area (Å²) < 4.78 is 1.14. The quantitative estimate of drug-likeness (QED) is 0.835. The third-order valence-corrected chi connectivity index (χ3v) is 5.77. The highest BCUT2D eigenvalue weighted by Gasteiger charge is 2.32. The number of amides is 1. The Balaban J connectivity index is 1.58. The van der Waals surface area contributed by atoms with Gasteiger partial charge in [-0.15, -0.1) is 11.3 Å². The Morgan fingerprint density at radius 3 is 2.75 bits per heavy atom. The molecule has 0 aliphatic heterocycles. The summed E-state index contributed by atoms with van der Waals surface area (Å²) >= 11 is 1.63. The van der Waals surface area contributed by atoms with Gasteiger partial charge in [-0.25, -0.2) is 4.98 Å². The van der Waals surface area contributed by atoms with Crippen molar-refractivity contribution >= 4 is 27.5 Å². The second-order valence-corrected chi connectivity index (χ2v) is 7.91. The van der Waals surface area contributed by atoms with Crippen LogP contribution in [0.4, 0.5) is 0 Å². The minimum absolute atomic E-state index is 0.0553. The Hall–Kier alpha value is -1.50. The Morgan fingerprint density at radius 2 is 2.08 bits per heavy atom. The Labute approximate surface area is 146 Å². The summed E-state index contributed by atoms with van der Waals surface area (Å²) in [5, 5.41) is 11.0. The molecule has 1 aromatic heterocycles. The first-order valence-corrected chi connectivity index (χ1v) is 9.25. The lowest BCUT2D eigenvalue weighted by Crippen LogP contribution is -2.46. The van der Waals surface area contributed by atoms with Crippen molar-refractivity contribution in [2.45, 2.75) is 38.5 Å². The molecular formula is C18H25N3O2S. The van der Waals surface area contributed by atoms with Gasteiger partial charge in [0.1, 0.15) is 5.01 Å². The van der Waals surface area contributed by atoms with Crippen molar-refractivity contribution in [2.24, 2.45) is 5.92 Å². The number of benzene rings is 1. The lowest BCUT2D eigenvalue weighted by atomic mass is 10.2. The van der Waals surface area contributed by atoms with E-state index in [1.54, 1.807) is 16.2 Å². The van der Waals surface area contributed by atoms with Gasteiger partial charge < -0.3 is 10.0 Å². The molecule has 1 aliphatic carbocycles. The van der Waals surface area contributed by atoms with E-state index in [0.29, 0.717) is 19.0 Å². The third kappa shape index (κ3) is 3.94. The number of carbonyl (C=O) groups excluding carboxylic acids is 1. The van der Waals surface area contributed by atoms with E-state index < -0.39 is 0 Å². The van der Waals surface area contributed by atoms with Gasteiger partial charge in [-0.2, -0.15) is 0 Å². The highest BCUT2D eigenvalue weighted by Crippen LogP contribution is 2.33. The normalized spacial score (nSPS) is 17.2. The number of hydrogen-bond acceptors (Lipinski definition) is 5. The molecule has 0 spiro atoms. The average molecular weight is 347 g/mol. The van der Waals surface area contributed by atoms with Crippen LogP contribution in [0.25, 0.3) is 10.2 Å². The predicted octanol–water partition coefficient (Wildman–Crippen LogP) is 2.35. The van der Waals surface area contributed by atoms with Crippen LogP contribution in [-0.4, -0.2) is 58.6 Å². The van der Waals surface area contributed by atoms with E-state index in [2.05, 4.69) is 4.98 Å². The molecule has 1 saturated carbocycles. The zero-order valence-electron chi connectivity index (χ0n) is 14.5. The van der Waals surface area contributed by atoms with Gasteiger partial charge in [0.15, 0.2) is 0 Å². The number of nitrogens with zero attached hydrogens (tertiary/aromatic N) is 3. The largest absolute Gasteiger partial charge is 0.392 e. The number of carbonyl (C=O) groups is 1. The van der Waals surface area contributed by atoms with Crippen molar-refractivity contribution in [1.29, 1.82) is 0 Å². The van der Waals surface area contributed by atoms with Crippen molar-refractivity contribution in [3.63, 3.8) is 0 Å². The van der Waals surface area contributed by atoms with Crippen LogP contribution in [-0.2, 0) is 11.3 Å². The summed E-state index contributed by atoms with van der Waals surface area (Å²) in [4.78, 5) is 20.9. The van der Waals surface area contributed by atoms with Crippen LogP contribution in [0.2, 0.25) is 0 Å². The Kier molecular flexibility index (Phi) is 5.18. The molecule has 1 aromatic carbocycles. The first-order chi connectivity index (χ1) is 11.5. The molecule has 0 saturated heterocycles. The lowest BCUT2D eigenvalue weighted by Gasteiger charge is -2.29. The first kappa shape index (κ1) is 17.3. The number of aliphatic hydroxyl groups is 1. The highest BCUT2D eigenvalue weighted by atomic mass is 32.1. The lowest BCUT2D eigenvalue weighted by molar-refractivity contribution is -0.135. The molecule has 1 heterocycles. The molecule has 130 valence electrons. The minimum atomic E-state index is -0.320. The van der Waals surface area contributed by atoms with Gasteiger partial charge in [-0.1, -0.05) is 12.1 Å². The van der Waals surface area contributed by atoms with E-state index in [4.69, 9.17) is 0 Å². The molecule has 3 rings (SSSR count). The molecule has 2 atom stereocenters. The summed E-state index contributed by atoms with van der Waals surface area (Å²) in [5.74, 6) is 0.481. The number of hydrogen-bond donors (Lipinski definition) is 1. The number of aromatic nitrogens is 1. The highest BCUT2D eigenvalue weighted by molar-refractivity contribution is 7.18. The van der Waals surface area contributed by atoms with E-state index >= 15 is 0 Å². The number of aliphatic hydroxyl groups excluding tert-OH is 1. The molecule has 0 radical (unpaired) electrons. The summed E-state index contributed by atoms with van der Waals surface area (Å²) in [5.41, 5.74) is 0.982. The number of likely N-dealkylation sites (N-methyl/N-ethyl adjacent to an activating group) is 2. The summed E-state index contributed by atoms with van der Waals surface area (Å²) in [6.07, 6.45) is 1.89. The van der Waals surface area contributed by atoms with E-state index in [0.717, 1.165) is 28.1 Å². The van der Waals surface area contributed by atoms with Crippen LogP contribution in [0, 0.1) is 5.92 Å². The van der Waals surface area contributed by atoms with Crippen molar-refractivity contribution in [3.05, 3.63) is 29.3 Å². The number of rotatable bonds is 7. The molecule has 1 fully saturated rings. The smallest absolute Gasteiger partial charge is 0.239 e. The van der Waals surface area contributed by atoms with Crippen molar-refractivity contribution in [3.8, 4) is 0 Å². The van der Waals surface area contributed by atoms with E-state index in [1.165, 1.54) is 0 Å². The molecule has 2 aromatic rings. The van der Waals surface area contributed by atoms with Gasteiger partial charge >= 0.3 is 0 Å².